The first kappa shape index (κ1) is 15.2. The molecule has 18 heavy (non-hydrogen) atoms. The zero-order chi connectivity index (χ0) is 13.7. The molecule has 0 aromatic carbocycles. The average Bonchev–Trinajstić information content (AvgIpc) is 2.78. The second kappa shape index (κ2) is 6.92. The number of nitrogens with one attached hydrogen (secondary N) is 1. The quantitative estimate of drug-likeness (QED) is 0.820. The summed E-state index contributed by atoms with van der Waals surface area (Å²) in [6.07, 6.45) is 0.848. The van der Waals surface area contributed by atoms with Crippen LogP contribution in [0.15, 0.2) is 6.07 Å². The van der Waals surface area contributed by atoms with E-state index in [1.807, 2.05) is 19.9 Å². The first-order valence-corrected chi connectivity index (χ1v) is 7.40. The molecule has 5 heteroatoms. The molecule has 0 aliphatic carbocycles. The van der Waals surface area contributed by atoms with Crippen LogP contribution in [0.3, 0.4) is 0 Å². The number of halogens is 1. The van der Waals surface area contributed by atoms with Crippen molar-refractivity contribution < 1.29 is 4.79 Å². The van der Waals surface area contributed by atoms with Crippen LogP contribution in [0.1, 0.15) is 43.9 Å². The van der Waals surface area contributed by atoms with Crippen LogP contribution in [0.25, 0.3) is 0 Å². The second-order valence-electron chi connectivity index (χ2n) is 4.66. The summed E-state index contributed by atoms with van der Waals surface area (Å²) in [5.41, 5.74) is 1.61. The number of nitrogens with zero attached hydrogens (tertiary/aromatic N) is 2. The first-order chi connectivity index (χ1) is 8.49. The van der Waals surface area contributed by atoms with Gasteiger partial charge in [0.25, 0.3) is 5.91 Å². The number of alkyl halides is 1. The van der Waals surface area contributed by atoms with Crippen molar-refractivity contribution in [2.24, 2.45) is 5.92 Å². The Morgan fingerprint density at radius 2 is 2.17 bits per heavy atom. The van der Waals surface area contributed by atoms with Crippen molar-refractivity contribution in [3.63, 3.8) is 0 Å². The van der Waals surface area contributed by atoms with Crippen LogP contribution in [0.5, 0.6) is 0 Å². The molecule has 1 rings (SSSR count). The SMILES string of the molecule is CCc1cc(C(=O)NCC(Br)C(C)C)n(CC)n1. The maximum absolute atomic E-state index is 12.1. The lowest BCUT2D eigenvalue weighted by molar-refractivity contribution is 0.0942. The molecular weight excluding hydrogens is 294 g/mol. The number of rotatable bonds is 6. The summed E-state index contributed by atoms with van der Waals surface area (Å²) in [5, 5.41) is 7.32. The minimum atomic E-state index is -0.0471. The predicted molar refractivity (Wildman–Crippen MR) is 77.2 cm³/mol. The molecule has 0 fully saturated rings. The molecule has 1 amide bonds. The van der Waals surface area contributed by atoms with Gasteiger partial charge in [0.15, 0.2) is 0 Å². The van der Waals surface area contributed by atoms with Gasteiger partial charge in [-0.3, -0.25) is 9.48 Å². The van der Waals surface area contributed by atoms with E-state index in [0.29, 0.717) is 29.5 Å². The molecule has 0 aliphatic heterocycles. The van der Waals surface area contributed by atoms with Gasteiger partial charge in [0.1, 0.15) is 5.69 Å². The van der Waals surface area contributed by atoms with E-state index >= 15 is 0 Å². The van der Waals surface area contributed by atoms with E-state index < -0.39 is 0 Å². The highest BCUT2D eigenvalue weighted by Crippen LogP contribution is 2.11. The fourth-order valence-electron chi connectivity index (χ4n) is 1.58. The van der Waals surface area contributed by atoms with Gasteiger partial charge in [-0.05, 0) is 25.3 Å². The van der Waals surface area contributed by atoms with Gasteiger partial charge >= 0.3 is 0 Å². The molecule has 1 N–H and O–H groups in total. The van der Waals surface area contributed by atoms with E-state index in [1.165, 1.54) is 0 Å². The summed E-state index contributed by atoms with van der Waals surface area (Å²) >= 11 is 3.56. The van der Waals surface area contributed by atoms with Crippen molar-refractivity contribution >= 4 is 21.8 Å². The summed E-state index contributed by atoms with van der Waals surface area (Å²) in [5.74, 6) is 0.446. The highest BCUT2D eigenvalue weighted by atomic mass is 79.9. The Kier molecular flexibility index (Phi) is 5.85. The Morgan fingerprint density at radius 3 is 2.67 bits per heavy atom. The Labute approximate surface area is 117 Å². The number of aryl methyl sites for hydroxylation is 2. The van der Waals surface area contributed by atoms with Gasteiger partial charge in [0.05, 0.1) is 5.69 Å². The van der Waals surface area contributed by atoms with Crippen molar-refractivity contribution in [1.29, 1.82) is 0 Å². The molecule has 4 nitrogen and oxygen atoms in total. The third-order valence-corrected chi connectivity index (χ3v) is 4.29. The topological polar surface area (TPSA) is 46.9 Å². The lowest BCUT2D eigenvalue weighted by atomic mass is 10.1. The number of hydrogen-bond donors (Lipinski definition) is 1. The normalized spacial score (nSPS) is 12.8. The van der Waals surface area contributed by atoms with E-state index in [1.54, 1.807) is 4.68 Å². The molecule has 0 bridgehead atoms. The fourth-order valence-corrected chi connectivity index (χ4v) is 1.75. The summed E-state index contributed by atoms with van der Waals surface area (Å²) < 4.78 is 1.76. The molecule has 0 spiro atoms. The highest BCUT2D eigenvalue weighted by Gasteiger charge is 2.16. The van der Waals surface area contributed by atoms with E-state index in [-0.39, 0.29) is 5.91 Å². The highest BCUT2D eigenvalue weighted by molar-refractivity contribution is 9.09. The Morgan fingerprint density at radius 1 is 1.50 bits per heavy atom. The van der Waals surface area contributed by atoms with E-state index in [0.717, 1.165) is 12.1 Å². The van der Waals surface area contributed by atoms with Crippen LogP contribution >= 0.6 is 15.9 Å². The van der Waals surface area contributed by atoms with E-state index in [2.05, 4.69) is 40.2 Å². The zero-order valence-electron chi connectivity index (χ0n) is 11.5. The smallest absolute Gasteiger partial charge is 0.269 e. The molecule has 0 radical (unpaired) electrons. The lowest BCUT2D eigenvalue weighted by Gasteiger charge is -2.14. The third kappa shape index (κ3) is 3.83. The Bertz CT molecular complexity index is 401. The molecular formula is C13H22BrN3O. The average molecular weight is 316 g/mol. The summed E-state index contributed by atoms with van der Waals surface area (Å²) in [4.78, 5) is 12.4. The second-order valence-corrected chi connectivity index (χ2v) is 5.84. The van der Waals surface area contributed by atoms with Crippen molar-refractivity contribution in [3.8, 4) is 0 Å². The van der Waals surface area contributed by atoms with Gasteiger partial charge in [0, 0.05) is 17.9 Å². The predicted octanol–water partition coefficient (Wildman–Crippen LogP) is 2.61. The number of amides is 1. The monoisotopic (exact) mass is 315 g/mol. The Balaban J connectivity index is 2.69. The van der Waals surface area contributed by atoms with Crippen LogP contribution in [-0.2, 0) is 13.0 Å². The minimum Gasteiger partial charge on any atom is -0.350 e. The van der Waals surface area contributed by atoms with Crippen LogP contribution in [0.4, 0.5) is 0 Å². The van der Waals surface area contributed by atoms with Crippen LogP contribution in [0.2, 0.25) is 0 Å². The van der Waals surface area contributed by atoms with Crippen molar-refractivity contribution in [3.05, 3.63) is 17.5 Å². The molecule has 0 saturated carbocycles. The Hall–Kier alpha value is -0.840. The van der Waals surface area contributed by atoms with Crippen molar-refractivity contribution in [2.75, 3.05) is 6.54 Å². The standard InChI is InChI=1S/C13H22BrN3O/c1-5-10-7-12(17(6-2)16-10)13(18)15-8-11(14)9(3)4/h7,9,11H,5-6,8H2,1-4H3,(H,15,18). The van der Waals surface area contributed by atoms with Crippen LogP contribution in [-0.4, -0.2) is 27.1 Å². The van der Waals surface area contributed by atoms with E-state index in [4.69, 9.17) is 0 Å². The summed E-state index contributed by atoms with van der Waals surface area (Å²) in [6.45, 7) is 9.62. The van der Waals surface area contributed by atoms with Gasteiger partial charge in [-0.15, -0.1) is 0 Å². The molecule has 1 unspecified atom stereocenters. The van der Waals surface area contributed by atoms with Crippen molar-refractivity contribution in [1.82, 2.24) is 15.1 Å². The summed E-state index contributed by atoms with van der Waals surface area (Å²) in [7, 11) is 0. The lowest BCUT2D eigenvalue weighted by Crippen LogP contribution is -2.33. The maximum atomic E-state index is 12.1. The van der Waals surface area contributed by atoms with Crippen LogP contribution in [0, 0.1) is 5.92 Å². The molecule has 1 heterocycles. The third-order valence-electron chi connectivity index (χ3n) is 2.91. The molecule has 102 valence electrons. The number of hydrogen-bond acceptors (Lipinski definition) is 2. The number of carbonyl (C=O) groups excluding carboxylic acids is 1. The van der Waals surface area contributed by atoms with Gasteiger partial charge in [-0.1, -0.05) is 36.7 Å². The van der Waals surface area contributed by atoms with Gasteiger partial charge in [-0.25, -0.2) is 0 Å². The number of carbonyl (C=O) groups is 1. The largest absolute Gasteiger partial charge is 0.350 e. The maximum Gasteiger partial charge on any atom is 0.269 e. The van der Waals surface area contributed by atoms with Crippen molar-refractivity contribution in [2.45, 2.75) is 45.5 Å². The first-order valence-electron chi connectivity index (χ1n) is 6.48. The van der Waals surface area contributed by atoms with E-state index in [9.17, 15) is 4.79 Å². The molecule has 0 aliphatic rings. The molecule has 0 saturated heterocycles. The summed E-state index contributed by atoms with van der Waals surface area (Å²) in [6, 6.07) is 1.87. The minimum absolute atomic E-state index is 0.0471. The van der Waals surface area contributed by atoms with Gasteiger partial charge in [-0.2, -0.15) is 5.10 Å². The van der Waals surface area contributed by atoms with Crippen LogP contribution < -0.4 is 5.32 Å². The van der Waals surface area contributed by atoms with Gasteiger partial charge < -0.3 is 5.32 Å². The molecule has 1 aromatic rings. The molecule has 1 atom stereocenters. The number of aromatic nitrogens is 2. The fraction of sp³-hybridized carbons (Fsp3) is 0.692. The molecule has 1 aromatic heterocycles. The van der Waals surface area contributed by atoms with Gasteiger partial charge in [0.2, 0.25) is 0 Å². The zero-order valence-corrected chi connectivity index (χ0v) is 13.1.